The number of nitrogens with one attached hydrogen (secondary N) is 2. The standard InChI is InChI=1S/C15H8ClF5N2O3/c16-7-1-4-11-12(5-7)26-15(25-11,14(19,20)21)23-13(24)22-10-3-2-8(17)6-9(10)18/h1-6H,(H2,22,23,24)/t15-/m0/s1. The molecule has 0 saturated carbocycles. The van der Waals surface area contributed by atoms with Gasteiger partial charge in [-0.25, -0.2) is 13.6 Å². The summed E-state index contributed by atoms with van der Waals surface area (Å²) in [5, 5.41) is 3.37. The molecule has 26 heavy (non-hydrogen) atoms. The highest BCUT2D eigenvalue weighted by atomic mass is 35.5. The summed E-state index contributed by atoms with van der Waals surface area (Å²) >= 11 is 5.69. The quantitative estimate of drug-likeness (QED) is 0.741. The number of benzene rings is 2. The molecule has 2 aromatic rings. The Morgan fingerprint density at radius 3 is 2.38 bits per heavy atom. The van der Waals surface area contributed by atoms with Crippen LogP contribution in [0.5, 0.6) is 11.5 Å². The lowest BCUT2D eigenvalue weighted by Crippen LogP contribution is -2.65. The molecule has 0 radical (unpaired) electrons. The fourth-order valence-corrected chi connectivity index (χ4v) is 2.27. The zero-order valence-corrected chi connectivity index (χ0v) is 13.2. The van der Waals surface area contributed by atoms with Crippen molar-refractivity contribution in [2.24, 2.45) is 0 Å². The maximum Gasteiger partial charge on any atom is 0.492 e. The Morgan fingerprint density at radius 1 is 1.04 bits per heavy atom. The molecule has 0 saturated heterocycles. The molecule has 0 fully saturated rings. The van der Waals surface area contributed by atoms with E-state index < -0.39 is 35.4 Å². The molecule has 138 valence electrons. The van der Waals surface area contributed by atoms with Gasteiger partial charge in [-0.3, -0.25) is 5.32 Å². The number of halogens is 6. The van der Waals surface area contributed by atoms with E-state index in [1.165, 1.54) is 11.4 Å². The van der Waals surface area contributed by atoms with E-state index in [0.29, 0.717) is 6.07 Å². The van der Waals surface area contributed by atoms with Crippen molar-refractivity contribution >= 4 is 23.3 Å². The van der Waals surface area contributed by atoms with Crippen LogP contribution in [-0.2, 0) is 0 Å². The molecule has 0 aromatic heterocycles. The maximum atomic E-state index is 13.5. The number of carbonyl (C=O) groups excluding carboxylic acids is 1. The Bertz CT molecular complexity index is 877. The van der Waals surface area contributed by atoms with Crippen LogP contribution in [0.1, 0.15) is 0 Å². The lowest BCUT2D eigenvalue weighted by atomic mass is 10.3. The van der Waals surface area contributed by atoms with Crippen molar-refractivity contribution in [2.45, 2.75) is 12.1 Å². The van der Waals surface area contributed by atoms with Crippen molar-refractivity contribution in [1.82, 2.24) is 5.32 Å². The number of amides is 2. The lowest BCUT2D eigenvalue weighted by Gasteiger charge is -2.29. The first-order valence-electron chi connectivity index (χ1n) is 6.88. The normalized spacial score (nSPS) is 18.5. The highest BCUT2D eigenvalue weighted by Crippen LogP contribution is 2.46. The van der Waals surface area contributed by atoms with Crippen molar-refractivity contribution < 1.29 is 36.2 Å². The minimum absolute atomic E-state index is 0.0863. The van der Waals surface area contributed by atoms with Gasteiger partial charge in [-0.1, -0.05) is 11.6 Å². The average Bonchev–Trinajstić information content (AvgIpc) is 2.88. The molecular weight excluding hydrogens is 387 g/mol. The second-order valence-electron chi connectivity index (χ2n) is 5.11. The van der Waals surface area contributed by atoms with Crippen LogP contribution in [-0.4, -0.2) is 18.1 Å². The molecule has 2 N–H and O–H groups in total. The summed E-state index contributed by atoms with van der Waals surface area (Å²) in [6, 6.07) is 4.09. The van der Waals surface area contributed by atoms with Crippen LogP contribution >= 0.6 is 11.6 Å². The van der Waals surface area contributed by atoms with Gasteiger partial charge in [-0.2, -0.15) is 13.2 Å². The lowest BCUT2D eigenvalue weighted by molar-refractivity contribution is -0.317. The molecule has 0 aliphatic carbocycles. The fraction of sp³-hybridized carbons (Fsp3) is 0.133. The molecule has 11 heteroatoms. The second-order valence-corrected chi connectivity index (χ2v) is 5.55. The van der Waals surface area contributed by atoms with Crippen LogP contribution in [0.2, 0.25) is 5.02 Å². The monoisotopic (exact) mass is 394 g/mol. The van der Waals surface area contributed by atoms with Crippen LogP contribution in [0.3, 0.4) is 0 Å². The summed E-state index contributed by atoms with van der Waals surface area (Å²) < 4.78 is 76.2. The molecule has 1 aliphatic heterocycles. The summed E-state index contributed by atoms with van der Waals surface area (Å²) in [5.74, 6) is -6.29. The van der Waals surface area contributed by atoms with Gasteiger partial charge in [0.15, 0.2) is 11.5 Å². The molecular formula is C15H8ClF5N2O3. The van der Waals surface area contributed by atoms with Gasteiger partial charge in [-0.15, -0.1) is 0 Å². The van der Waals surface area contributed by atoms with Crippen molar-refractivity contribution in [2.75, 3.05) is 5.32 Å². The van der Waals surface area contributed by atoms with Crippen molar-refractivity contribution in [1.29, 1.82) is 0 Å². The summed E-state index contributed by atoms with van der Waals surface area (Å²) in [4.78, 5) is 11.9. The number of anilines is 1. The Kier molecular flexibility index (Phi) is 4.31. The molecule has 3 rings (SSSR count). The number of rotatable bonds is 2. The van der Waals surface area contributed by atoms with Gasteiger partial charge in [0.05, 0.1) is 5.69 Å². The number of ether oxygens (including phenoxy) is 2. The third-order valence-electron chi connectivity index (χ3n) is 3.24. The summed E-state index contributed by atoms with van der Waals surface area (Å²) in [5.41, 5.74) is -0.542. The first-order chi connectivity index (χ1) is 12.1. The Balaban J connectivity index is 1.83. The van der Waals surface area contributed by atoms with E-state index >= 15 is 0 Å². The van der Waals surface area contributed by atoms with Crippen LogP contribution < -0.4 is 20.1 Å². The summed E-state index contributed by atoms with van der Waals surface area (Å²) in [7, 11) is 0. The van der Waals surface area contributed by atoms with E-state index in [4.69, 9.17) is 21.1 Å². The number of hydrogen-bond acceptors (Lipinski definition) is 3. The number of alkyl halides is 3. The predicted octanol–water partition coefficient (Wildman–Crippen LogP) is 4.43. The van der Waals surface area contributed by atoms with E-state index in [1.54, 1.807) is 0 Å². The topological polar surface area (TPSA) is 59.6 Å². The Morgan fingerprint density at radius 2 is 1.73 bits per heavy atom. The van der Waals surface area contributed by atoms with E-state index in [9.17, 15) is 26.7 Å². The van der Waals surface area contributed by atoms with E-state index in [-0.39, 0.29) is 16.5 Å². The van der Waals surface area contributed by atoms with Crippen molar-refractivity contribution in [3.05, 3.63) is 53.1 Å². The van der Waals surface area contributed by atoms with Gasteiger partial charge < -0.3 is 14.8 Å². The third kappa shape index (κ3) is 3.32. The molecule has 1 heterocycles. The SMILES string of the molecule is O=C(Nc1ccc(F)cc1F)N[C@@]1(C(F)(F)F)Oc2ccc(Cl)cc2O1. The minimum Gasteiger partial charge on any atom is -0.424 e. The summed E-state index contributed by atoms with van der Waals surface area (Å²) in [6.07, 6.45) is -5.20. The number of carbonyl (C=O) groups is 1. The number of hydrogen-bond donors (Lipinski definition) is 2. The number of urea groups is 1. The molecule has 0 bridgehead atoms. The van der Waals surface area contributed by atoms with Crippen LogP contribution in [0, 0.1) is 11.6 Å². The molecule has 2 aromatic carbocycles. The van der Waals surface area contributed by atoms with Gasteiger partial charge >= 0.3 is 18.1 Å². The van der Waals surface area contributed by atoms with Crippen LogP contribution in [0.15, 0.2) is 36.4 Å². The first-order valence-corrected chi connectivity index (χ1v) is 7.26. The highest BCUT2D eigenvalue weighted by Gasteiger charge is 2.65. The fourth-order valence-electron chi connectivity index (χ4n) is 2.11. The highest BCUT2D eigenvalue weighted by molar-refractivity contribution is 6.30. The van der Waals surface area contributed by atoms with E-state index in [0.717, 1.165) is 24.3 Å². The van der Waals surface area contributed by atoms with Gasteiger partial charge in [0, 0.05) is 17.2 Å². The zero-order valence-electron chi connectivity index (χ0n) is 12.5. The predicted molar refractivity (Wildman–Crippen MR) is 80.0 cm³/mol. The molecule has 0 spiro atoms. The summed E-state index contributed by atoms with van der Waals surface area (Å²) in [6.45, 7) is 0. The van der Waals surface area contributed by atoms with Crippen molar-refractivity contribution in [3.8, 4) is 11.5 Å². The average molecular weight is 395 g/mol. The smallest absolute Gasteiger partial charge is 0.424 e. The Hall–Kier alpha value is -2.75. The van der Waals surface area contributed by atoms with E-state index in [1.807, 2.05) is 5.32 Å². The minimum atomic E-state index is -5.20. The van der Waals surface area contributed by atoms with Gasteiger partial charge in [0.2, 0.25) is 0 Å². The van der Waals surface area contributed by atoms with Gasteiger partial charge in [0.25, 0.3) is 0 Å². The van der Waals surface area contributed by atoms with Gasteiger partial charge in [0.1, 0.15) is 11.6 Å². The van der Waals surface area contributed by atoms with Crippen LogP contribution in [0.25, 0.3) is 0 Å². The largest absolute Gasteiger partial charge is 0.492 e. The van der Waals surface area contributed by atoms with Gasteiger partial charge in [-0.05, 0) is 24.3 Å². The number of fused-ring (bicyclic) bond motifs is 1. The Labute approximate surface area is 147 Å². The second kappa shape index (κ2) is 6.20. The molecule has 0 unspecified atom stereocenters. The molecule has 1 aliphatic rings. The van der Waals surface area contributed by atoms with E-state index in [2.05, 4.69) is 0 Å². The maximum absolute atomic E-state index is 13.5. The molecule has 5 nitrogen and oxygen atoms in total. The van der Waals surface area contributed by atoms with Crippen molar-refractivity contribution in [3.63, 3.8) is 0 Å². The zero-order chi connectivity index (χ0) is 19.1. The van der Waals surface area contributed by atoms with Crippen LogP contribution in [0.4, 0.5) is 32.4 Å². The molecule has 1 atom stereocenters. The molecule has 2 amide bonds. The first kappa shape index (κ1) is 18.1. The third-order valence-corrected chi connectivity index (χ3v) is 3.48.